The molecule has 7 nitrogen and oxygen atoms in total. The van der Waals surface area contributed by atoms with Gasteiger partial charge in [0.15, 0.2) is 5.84 Å². The first-order chi connectivity index (χ1) is 15.6. The van der Waals surface area contributed by atoms with Gasteiger partial charge in [0.2, 0.25) is 0 Å². The maximum atomic E-state index is 12.8. The SMILES string of the molecule is CC1N=C(N2CCN(CCF)CC2)c2nc(-c3ccccc3Cl)n(CC3CCOC3)c2N1. The summed E-state index contributed by atoms with van der Waals surface area (Å²) in [6.07, 6.45) is 0.984. The predicted molar refractivity (Wildman–Crippen MR) is 125 cm³/mol. The number of hydrogen-bond acceptors (Lipinski definition) is 6. The summed E-state index contributed by atoms with van der Waals surface area (Å²) in [5.74, 6) is 3.22. The molecule has 2 atom stereocenters. The molecule has 2 aromatic rings. The number of benzene rings is 1. The Bertz CT molecular complexity index is 981. The molecule has 0 radical (unpaired) electrons. The Balaban J connectivity index is 1.52. The second-order valence-electron chi connectivity index (χ2n) is 8.74. The summed E-state index contributed by atoms with van der Waals surface area (Å²) in [5.41, 5.74) is 1.79. The van der Waals surface area contributed by atoms with Gasteiger partial charge in [-0.3, -0.25) is 4.90 Å². The lowest BCUT2D eigenvalue weighted by molar-refractivity contribution is 0.171. The summed E-state index contributed by atoms with van der Waals surface area (Å²) in [7, 11) is 0. The van der Waals surface area contributed by atoms with Crippen LogP contribution in [0.15, 0.2) is 29.3 Å². The molecule has 2 unspecified atom stereocenters. The van der Waals surface area contributed by atoms with E-state index in [0.717, 1.165) is 81.1 Å². The lowest BCUT2D eigenvalue weighted by Crippen LogP contribution is -2.50. The lowest BCUT2D eigenvalue weighted by Gasteiger charge is -2.37. The second-order valence-corrected chi connectivity index (χ2v) is 9.15. The Kier molecular flexibility index (Phi) is 6.35. The highest BCUT2D eigenvalue weighted by Crippen LogP contribution is 2.35. The van der Waals surface area contributed by atoms with Crippen LogP contribution in [0.25, 0.3) is 11.4 Å². The van der Waals surface area contributed by atoms with E-state index >= 15 is 0 Å². The average Bonchev–Trinajstić information content (AvgIpc) is 3.43. The van der Waals surface area contributed by atoms with Crippen molar-refractivity contribution in [3.05, 3.63) is 35.0 Å². The average molecular weight is 461 g/mol. The number of amidine groups is 1. The summed E-state index contributed by atoms with van der Waals surface area (Å²) in [6, 6.07) is 7.86. The number of rotatable bonds is 5. The summed E-state index contributed by atoms with van der Waals surface area (Å²) in [5, 5.41) is 4.24. The molecule has 0 spiro atoms. The van der Waals surface area contributed by atoms with Crippen molar-refractivity contribution in [3.8, 4) is 11.4 Å². The van der Waals surface area contributed by atoms with E-state index in [1.807, 2.05) is 24.3 Å². The molecule has 1 N–H and O–H groups in total. The van der Waals surface area contributed by atoms with Crippen LogP contribution in [0.1, 0.15) is 19.0 Å². The first-order valence-corrected chi connectivity index (χ1v) is 11.8. The summed E-state index contributed by atoms with van der Waals surface area (Å²) < 4.78 is 20.7. The van der Waals surface area contributed by atoms with Crippen LogP contribution in [0.4, 0.5) is 10.2 Å². The van der Waals surface area contributed by atoms with E-state index in [0.29, 0.717) is 17.5 Å². The number of aliphatic imine (C=N–C) groups is 1. The molecule has 5 rings (SSSR count). The number of hydrogen-bond donors (Lipinski definition) is 1. The maximum Gasteiger partial charge on any atom is 0.155 e. The quantitative estimate of drug-likeness (QED) is 0.741. The molecule has 3 aliphatic heterocycles. The zero-order valence-electron chi connectivity index (χ0n) is 18.4. The summed E-state index contributed by atoms with van der Waals surface area (Å²) >= 11 is 6.60. The van der Waals surface area contributed by atoms with Gasteiger partial charge in [-0.05, 0) is 25.5 Å². The molecule has 2 saturated heterocycles. The van der Waals surface area contributed by atoms with E-state index < -0.39 is 0 Å². The zero-order chi connectivity index (χ0) is 22.1. The van der Waals surface area contributed by atoms with Crippen molar-refractivity contribution in [2.75, 3.05) is 57.9 Å². The van der Waals surface area contributed by atoms with Crippen molar-refractivity contribution in [2.45, 2.75) is 26.1 Å². The first kappa shape index (κ1) is 21.7. The van der Waals surface area contributed by atoms with Crippen LogP contribution in [-0.4, -0.2) is 84.0 Å². The molecule has 0 saturated carbocycles. The van der Waals surface area contributed by atoms with Crippen LogP contribution < -0.4 is 5.32 Å². The Morgan fingerprint density at radius 1 is 1.22 bits per heavy atom. The van der Waals surface area contributed by atoms with Crippen molar-refractivity contribution in [2.24, 2.45) is 10.9 Å². The van der Waals surface area contributed by atoms with Gasteiger partial charge in [0, 0.05) is 57.4 Å². The zero-order valence-corrected chi connectivity index (χ0v) is 19.2. The van der Waals surface area contributed by atoms with Gasteiger partial charge in [0.05, 0.1) is 11.6 Å². The number of ether oxygens (including phenoxy) is 1. The molecule has 32 heavy (non-hydrogen) atoms. The number of halogens is 2. The topological polar surface area (TPSA) is 57.9 Å². The number of aromatic nitrogens is 2. The number of alkyl halides is 1. The second kappa shape index (κ2) is 9.37. The smallest absolute Gasteiger partial charge is 0.155 e. The first-order valence-electron chi connectivity index (χ1n) is 11.4. The molecule has 3 aliphatic rings. The molecule has 0 bridgehead atoms. The number of nitrogens with one attached hydrogen (secondary N) is 1. The van der Waals surface area contributed by atoms with Gasteiger partial charge in [-0.25, -0.2) is 14.4 Å². The van der Waals surface area contributed by atoms with Gasteiger partial charge in [0.25, 0.3) is 0 Å². The van der Waals surface area contributed by atoms with E-state index in [1.165, 1.54) is 0 Å². The summed E-state index contributed by atoms with van der Waals surface area (Å²) in [6.45, 7) is 7.94. The lowest BCUT2D eigenvalue weighted by atomic mass is 10.1. The van der Waals surface area contributed by atoms with E-state index in [9.17, 15) is 4.39 Å². The van der Waals surface area contributed by atoms with Crippen molar-refractivity contribution in [1.82, 2.24) is 19.4 Å². The fourth-order valence-corrected chi connectivity index (χ4v) is 5.00. The van der Waals surface area contributed by atoms with Crippen LogP contribution in [0.3, 0.4) is 0 Å². The molecule has 1 aromatic heterocycles. The minimum Gasteiger partial charge on any atom is -0.381 e. The fourth-order valence-electron chi connectivity index (χ4n) is 4.78. The van der Waals surface area contributed by atoms with Gasteiger partial charge in [0.1, 0.15) is 30.2 Å². The van der Waals surface area contributed by atoms with Gasteiger partial charge in [-0.2, -0.15) is 0 Å². The van der Waals surface area contributed by atoms with Crippen molar-refractivity contribution >= 4 is 23.3 Å². The Labute approximate surface area is 193 Å². The van der Waals surface area contributed by atoms with Crippen LogP contribution in [0, 0.1) is 5.92 Å². The number of fused-ring (bicyclic) bond motifs is 1. The predicted octanol–water partition coefficient (Wildman–Crippen LogP) is 3.35. The largest absolute Gasteiger partial charge is 0.381 e. The third-order valence-electron chi connectivity index (χ3n) is 6.49. The van der Waals surface area contributed by atoms with Crippen LogP contribution in [0.5, 0.6) is 0 Å². The highest BCUT2D eigenvalue weighted by atomic mass is 35.5. The highest BCUT2D eigenvalue weighted by Gasteiger charge is 2.33. The Morgan fingerprint density at radius 3 is 2.75 bits per heavy atom. The highest BCUT2D eigenvalue weighted by molar-refractivity contribution is 6.33. The number of nitrogens with zero attached hydrogens (tertiary/aromatic N) is 5. The third kappa shape index (κ3) is 4.23. The summed E-state index contributed by atoms with van der Waals surface area (Å²) in [4.78, 5) is 14.5. The van der Waals surface area contributed by atoms with Crippen molar-refractivity contribution in [3.63, 3.8) is 0 Å². The third-order valence-corrected chi connectivity index (χ3v) is 6.82. The molecule has 9 heteroatoms. The van der Waals surface area contributed by atoms with Gasteiger partial charge in [-0.15, -0.1) is 0 Å². The molecule has 172 valence electrons. The number of imidazole rings is 1. The molecule has 0 aliphatic carbocycles. The van der Waals surface area contributed by atoms with E-state index in [4.69, 9.17) is 26.3 Å². The standard InChI is InChI=1S/C23H30ClFN6O/c1-16-26-22(30-11-9-29(8-7-25)10-12-30)20-23(27-16)31(14-17-6-13-32-15-17)21(28-20)18-4-2-3-5-19(18)24/h2-5,16-17,27H,6-15H2,1H3. The van der Waals surface area contributed by atoms with Gasteiger partial charge >= 0.3 is 0 Å². The minimum atomic E-state index is -0.303. The number of anilines is 1. The molecule has 1 aromatic carbocycles. The Morgan fingerprint density at radius 2 is 2.03 bits per heavy atom. The number of piperazine rings is 1. The van der Waals surface area contributed by atoms with E-state index in [-0.39, 0.29) is 12.8 Å². The monoisotopic (exact) mass is 460 g/mol. The molecule has 4 heterocycles. The van der Waals surface area contributed by atoms with Crippen molar-refractivity contribution in [1.29, 1.82) is 0 Å². The van der Waals surface area contributed by atoms with E-state index in [1.54, 1.807) is 0 Å². The van der Waals surface area contributed by atoms with E-state index in [2.05, 4.69) is 26.6 Å². The molecule has 0 amide bonds. The maximum absolute atomic E-state index is 12.8. The van der Waals surface area contributed by atoms with Crippen LogP contribution >= 0.6 is 11.6 Å². The van der Waals surface area contributed by atoms with Gasteiger partial charge < -0.3 is 19.5 Å². The van der Waals surface area contributed by atoms with Crippen LogP contribution in [-0.2, 0) is 11.3 Å². The fraction of sp³-hybridized carbons (Fsp3) is 0.565. The molecular formula is C23H30ClFN6O. The molecule has 2 fully saturated rings. The molecular weight excluding hydrogens is 431 g/mol. The van der Waals surface area contributed by atoms with Gasteiger partial charge in [-0.1, -0.05) is 23.7 Å². The van der Waals surface area contributed by atoms with Crippen LogP contribution in [0.2, 0.25) is 5.02 Å². The Hall–Kier alpha value is -2.16. The minimum absolute atomic E-state index is 0.0595. The normalized spacial score (nSPS) is 23.7. The van der Waals surface area contributed by atoms with Crippen molar-refractivity contribution < 1.29 is 9.13 Å².